The van der Waals surface area contributed by atoms with Crippen LogP contribution in [0.15, 0.2) is 30.9 Å². The maximum Gasteiger partial charge on any atom is 0.118 e. The smallest absolute Gasteiger partial charge is 0.118 e. The summed E-state index contributed by atoms with van der Waals surface area (Å²) in [6, 6.07) is 1.97. The Morgan fingerprint density at radius 2 is 1.33 bits per heavy atom. The fourth-order valence-corrected chi connectivity index (χ4v) is 2.20. The predicted octanol–water partition coefficient (Wildman–Crippen LogP) is 2.18. The van der Waals surface area contributed by atoms with Crippen molar-refractivity contribution in [1.82, 2.24) is 19.9 Å². The molecule has 0 saturated heterocycles. The van der Waals surface area contributed by atoms with Crippen LogP contribution in [-0.2, 0) is 0 Å². The van der Waals surface area contributed by atoms with E-state index in [0.717, 1.165) is 25.6 Å². The first-order chi connectivity index (χ1) is 7.36. The average molecular weight is 308 g/mol. The van der Waals surface area contributed by atoms with Crippen LogP contribution in [0.3, 0.4) is 0 Å². The van der Waals surface area contributed by atoms with E-state index in [-0.39, 0.29) is 0 Å². The Balaban J connectivity index is 2.64. The summed E-state index contributed by atoms with van der Waals surface area (Å²) in [6.07, 6.45) is 6.71. The molecule has 1 aromatic carbocycles. The summed E-state index contributed by atoms with van der Waals surface area (Å²) >= 11 is 2.24. The van der Waals surface area contributed by atoms with Gasteiger partial charge in [-0.25, -0.2) is 0 Å². The summed E-state index contributed by atoms with van der Waals surface area (Å²) in [4.78, 5) is 17.1. The number of fused-ring (bicyclic) bond motifs is 3. The van der Waals surface area contributed by atoms with Gasteiger partial charge in [0.15, 0.2) is 0 Å². The summed E-state index contributed by atoms with van der Waals surface area (Å²) in [5.74, 6) is 0. The molecule has 0 bridgehead atoms. The van der Waals surface area contributed by atoms with Crippen molar-refractivity contribution in [2.24, 2.45) is 0 Å². The van der Waals surface area contributed by atoms with Crippen molar-refractivity contribution in [3.05, 3.63) is 34.4 Å². The monoisotopic (exact) mass is 308 g/mol. The number of nitrogens with zero attached hydrogens (tertiary/aromatic N) is 4. The zero-order valence-corrected chi connectivity index (χ0v) is 9.71. The van der Waals surface area contributed by atoms with Crippen molar-refractivity contribution in [3.63, 3.8) is 0 Å². The molecule has 0 atom stereocenters. The first kappa shape index (κ1) is 8.90. The van der Waals surface area contributed by atoms with Gasteiger partial charge in [-0.05, 0) is 28.7 Å². The van der Waals surface area contributed by atoms with Crippen LogP contribution in [0.1, 0.15) is 0 Å². The summed E-state index contributed by atoms with van der Waals surface area (Å²) < 4.78 is 1.05. The van der Waals surface area contributed by atoms with E-state index in [2.05, 4.69) is 42.5 Å². The number of rotatable bonds is 0. The molecule has 72 valence electrons. The standard InChI is InChI=1S/C10H5IN4/c11-6-5-7-9(14-2-1-12-7)10-8(6)13-3-4-15-10/h1-5H. The molecule has 0 aliphatic rings. The molecule has 4 nitrogen and oxygen atoms in total. The molecule has 2 heterocycles. The lowest BCUT2D eigenvalue weighted by Crippen LogP contribution is -1.91. The Bertz CT molecular complexity index is 653. The zero-order chi connectivity index (χ0) is 10.3. The summed E-state index contributed by atoms with van der Waals surface area (Å²) in [6.45, 7) is 0. The first-order valence-electron chi connectivity index (χ1n) is 4.36. The van der Waals surface area contributed by atoms with Crippen molar-refractivity contribution in [2.45, 2.75) is 0 Å². The highest BCUT2D eigenvalue weighted by molar-refractivity contribution is 14.1. The van der Waals surface area contributed by atoms with E-state index in [1.165, 1.54) is 0 Å². The molecule has 0 fully saturated rings. The molecule has 3 aromatic rings. The molecule has 3 rings (SSSR count). The minimum atomic E-state index is 0.806. The molecule has 0 unspecified atom stereocenters. The molecule has 0 radical (unpaired) electrons. The number of halogens is 1. The van der Waals surface area contributed by atoms with E-state index in [0.29, 0.717) is 0 Å². The molecule has 15 heavy (non-hydrogen) atoms. The second kappa shape index (κ2) is 3.34. The lowest BCUT2D eigenvalue weighted by Gasteiger charge is -2.01. The molecule has 5 heteroatoms. The van der Waals surface area contributed by atoms with Crippen molar-refractivity contribution in [3.8, 4) is 0 Å². The van der Waals surface area contributed by atoms with Crippen LogP contribution in [0, 0.1) is 3.57 Å². The van der Waals surface area contributed by atoms with Gasteiger partial charge in [0.2, 0.25) is 0 Å². The highest BCUT2D eigenvalue weighted by atomic mass is 127. The van der Waals surface area contributed by atoms with Gasteiger partial charge in [-0.2, -0.15) is 0 Å². The van der Waals surface area contributed by atoms with Gasteiger partial charge in [0.05, 0.1) is 5.52 Å². The van der Waals surface area contributed by atoms with E-state index in [9.17, 15) is 0 Å². The lowest BCUT2D eigenvalue weighted by molar-refractivity contribution is 1.25. The zero-order valence-electron chi connectivity index (χ0n) is 7.55. The summed E-state index contributed by atoms with van der Waals surface area (Å²) in [7, 11) is 0. The fourth-order valence-electron chi connectivity index (χ4n) is 1.51. The SMILES string of the molecule is Ic1cc2nccnc2c2nccnc12. The number of aromatic nitrogens is 4. The Labute approximate surface area is 98.9 Å². The highest BCUT2D eigenvalue weighted by Gasteiger charge is 2.07. The van der Waals surface area contributed by atoms with Crippen LogP contribution >= 0.6 is 22.6 Å². The van der Waals surface area contributed by atoms with Crippen LogP contribution in [-0.4, -0.2) is 19.9 Å². The molecule has 0 amide bonds. The molecule has 2 aromatic heterocycles. The Morgan fingerprint density at radius 1 is 0.733 bits per heavy atom. The normalized spacial score (nSPS) is 11.0. The minimum absolute atomic E-state index is 0.806. The van der Waals surface area contributed by atoms with Crippen molar-refractivity contribution < 1.29 is 0 Å². The lowest BCUT2D eigenvalue weighted by atomic mass is 10.2. The van der Waals surface area contributed by atoms with Gasteiger partial charge in [-0.15, -0.1) is 0 Å². The molecule has 0 spiro atoms. The Morgan fingerprint density at radius 3 is 2.13 bits per heavy atom. The number of hydrogen-bond donors (Lipinski definition) is 0. The maximum atomic E-state index is 4.30. The van der Waals surface area contributed by atoms with Gasteiger partial charge in [-0.1, -0.05) is 0 Å². The Hall–Kier alpha value is -1.37. The van der Waals surface area contributed by atoms with Crippen molar-refractivity contribution >= 4 is 44.7 Å². The third kappa shape index (κ3) is 1.34. The quantitative estimate of drug-likeness (QED) is 0.472. The average Bonchev–Trinajstić information content (AvgIpc) is 2.30. The summed E-state index contributed by atoms with van der Waals surface area (Å²) in [5.41, 5.74) is 3.36. The fraction of sp³-hybridized carbons (Fsp3) is 0. The van der Waals surface area contributed by atoms with Gasteiger partial charge in [0.1, 0.15) is 16.6 Å². The molecule has 0 saturated carbocycles. The molecular formula is C10H5IN4. The Kier molecular flexibility index (Phi) is 1.98. The van der Waals surface area contributed by atoms with Gasteiger partial charge in [0.25, 0.3) is 0 Å². The van der Waals surface area contributed by atoms with Crippen LogP contribution in [0.25, 0.3) is 22.1 Å². The molecular weight excluding hydrogens is 303 g/mol. The molecule has 0 aliphatic heterocycles. The topological polar surface area (TPSA) is 51.6 Å². The van der Waals surface area contributed by atoms with E-state index in [1.54, 1.807) is 24.8 Å². The minimum Gasteiger partial charge on any atom is -0.253 e. The largest absolute Gasteiger partial charge is 0.253 e. The van der Waals surface area contributed by atoms with Gasteiger partial charge >= 0.3 is 0 Å². The van der Waals surface area contributed by atoms with Gasteiger partial charge in [0, 0.05) is 28.4 Å². The second-order valence-electron chi connectivity index (χ2n) is 3.04. The second-order valence-corrected chi connectivity index (χ2v) is 4.20. The number of hydrogen-bond acceptors (Lipinski definition) is 4. The molecule has 0 aliphatic carbocycles. The molecule has 0 N–H and O–H groups in total. The first-order valence-corrected chi connectivity index (χ1v) is 5.44. The van der Waals surface area contributed by atoms with Crippen molar-refractivity contribution in [2.75, 3.05) is 0 Å². The van der Waals surface area contributed by atoms with Crippen LogP contribution in [0.5, 0.6) is 0 Å². The van der Waals surface area contributed by atoms with E-state index < -0.39 is 0 Å². The van der Waals surface area contributed by atoms with E-state index >= 15 is 0 Å². The third-order valence-electron chi connectivity index (χ3n) is 2.14. The highest BCUT2D eigenvalue weighted by Crippen LogP contribution is 2.23. The van der Waals surface area contributed by atoms with E-state index in [1.807, 2.05) is 6.07 Å². The van der Waals surface area contributed by atoms with Gasteiger partial charge < -0.3 is 0 Å². The predicted molar refractivity (Wildman–Crippen MR) is 65.4 cm³/mol. The van der Waals surface area contributed by atoms with Crippen LogP contribution in [0.2, 0.25) is 0 Å². The van der Waals surface area contributed by atoms with Crippen LogP contribution < -0.4 is 0 Å². The van der Waals surface area contributed by atoms with E-state index in [4.69, 9.17) is 0 Å². The summed E-state index contributed by atoms with van der Waals surface area (Å²) in [5, 5.41) is 0. The van der Waals surface area contributed by atoms with Gasteiger partial charge in [-0.3, -0.25) is 19.9 Å². The number of benzene rings is 1. The third-order valence-corrected chi connectivity index (χ3v) is 2.96. The van der Waals surface area contributed by atoms with Crippen molar-refractivity contribution in [1.29, 1.82) is 0 Å². The maximum absolute atomic E-state index is 4.30. The van der Waals surface area contributed by atoms with Crippen LogP contribution in [0.4, 0.5) is 0 Å².